The van der Waals surface area contributed by atoms with Crippen LogP contribution in [0.25, 0.3) is 0 Å². The lowest BCUT2D eigenvalue weighted by Gasteiger charge is -2.13. The fraction of sp³-hybridized carbons (Fsp3) is 0.400. The molecule has 122 valence electrons. The zero-order valence-corrected chi connectivity index (χ0v) is 14.6. The lowest BCUT2D eigenvalue weighted by atomic mass is 10.1. The number of benzene rings is 1. The van der Waals surface area contributed by atoms with Crippen LogP contribution in [-0.4, -0.2) is 28.6 Å². The molecule has 1 aromatic carbocycles. The number of nitrogens with zero attached hydrogens (tertiary/aromatic N) is 1. The number of esters is 1. The van der Waals surface area contributed by atoms with Gasteiger partial charge >= 0.3 is 5.97 Å². The van der Waals surface area contributed by atoms with E-state index in [1.807, 2.05) is 12.1 Å². The first-order chi connectivity index (χ1) is 10.8. The quantitative estimate of drug-likeness (QED) is 0.470. The number of ether oxygens (including phenoxy) is 1. The maximum atomic E-state index is 11.9. The predicted molar refractivity (Wildman–Crippen MR) is 89.5 cm³/mol. The fourth-order valence-corrected chi connectivity index (χ4v) is 3.26. The standard InChI is InChI=1S/C15H14Cl2N2O3S/c1-14(9-15(14,16)17)13(21)22-8-12(20)19-10-4-2-3-5-11(10)23-7-6-18/h2-5H,7-9H2,1H3,(H,19,20)/t14-/m0/s1. The number of hydrogen-bond donors (Lipinski definition) is 1. The third kappa shape index (κ3) is 4.11. The molecule has 0 radical (unpaired) electrons. The second-order valence-electron chi connectivity index (χ2n) is 5.28. The number of alkyl halides is 2. The van der Waals surface area contributed by atoms with Crippen LogP contribution >= 0.6 is 35.0 Å². The molecule has 0 saturated heterocycles. The van der Waals surface area contributed by atoms with Crippen molar-refractivity contribution in [3.8, 4) is 6.07 Å². The molecule has 1 fully saturated rings. The Balaban J connectivity index is 1.89. The Morgan fingerprint density at radius 2 is 2.09 bits per heavy atom. The molecule has 1 saturated carbocycles. The summed E-state index contributed by atoms with van der Waals surface area (Å²) < 4.78 is 3.86. The van der Waals surface area contributed by atoms with Gasteiger partial charge in [-0.15, -0.1) is 35.0 Å². The van der Waals surface area contributed by atoms with Gasteiger partial charge in [0, 0.05) is 11.3 Å². The summed E-state index contributed by atoms with van der Waals surface area (Å²) in [5, 5.41) is 11.3. The van der Waals surface area contributed by atoms with E-state index >= 15 is 0 Å². The van der Waals surface area contributed by atoms with Crippen LogP contribution < -0.4 is 5.32 Å². The van der Waals surface area contributed by atoms with E-state index in [0.717, 1.165) is 4.90 Å². The van der Waals surface area contributed by atoms with Gasteiger partial charge in [-0.2, -0.15) is 5.26 Å². The van der Waals surface area contributed by atoms with Crippen LogP contribution in [0.3, 0.4) is 0 Å². The van der Waals surface area contributed by atoms with Crippen molar-refractivity contribution in [2.24, 2.45) is 5.41 Å². The number of thioether (sulfide) groups is 1. The molecule has 8 heteroatoms. The number of carbonyl (C=O) groups is 2. The van der Waals surface area contributed by atoms with Crippen LogP contribution in [0.1, 0.15) is 13.3 Å². The topological polar surface area (TPSA) is 79.2 Å². The SMILES string of the molecule is C[C@@]1(C(=O)OCC(=O)Nc2ccccc2SCC#N)CC1(Cl)Cl. The van der Waals surface area contributed by atoms with Gasteiger partial charge in [-0.05, 0) is 19.1 Å². The largest absolute Gasteiger partial charge is 0.455 e. The molecule has 1 aliphatic carbocycles. The maximum Gasteiger partial charge on any atom is 0.315 e. The second-order valence-corrected chi connectivity index (χ2v) is 7.78. The van der Waals surface area contributed by atoms with Gasteiger partial charge in [0.1, 0.15) is 9.75 Å². The zero-order chi connectivity index (χ0) is 17.1. The maximum absolute atomic E-state index is 11.9. The zero-order valence-electron chi connectivity index (χ0n) is 12.3. The van der Waals surface area contributed by atoms with Gasteiger partial charge in [0.15, 0.2) is 6.61 Å². The summed E-state index contributed by atoms with van der Waals surface area (Å²) in [6.45, 7) is 1.18. The number of halogens is 2. The molecule has 5 nitrogen and oxygen atoms in total. The van der Waals surface area contributed by atoms with E-state index < -0.39 is 28.2 Å². The Morgan fingerprint density at radius 1 is 1.43 bits per heavy atom. The summed E-state index contributed by atoms with van der Waals surface area (Å²) in [5.41, 5.74) is -0.396. The van der Waals surface area contributed by atoms with Crippen molar-refractivity contribution < 1.29 is 14.3 Å². The van der Waals surface area contributed by atoms with Crippen LogP contribution in [0, 0.1) is 16.7 Å². The van der Waals surface area contributed by atoms with E-state index in [1.165, 1.54) is 11.8 Å². The minimum atomic E-state index is -1.12. The number of rotatable bonds is 6. The highest BCUT2D eigenvalue weighted by molar-refractivity contribution is 7.99. The van der Waals surface area contributed by atoms with Crippen molar-refractivity contribution in [3.05, 3.63) is 24.3 Å². The van der Waals surface area contributed by atoms with E-state index in [-0.39, 0.29) is 5.75 Å². The molecule has 0 aromatic heterocycles. The number of anilines is 1. The van der Waals surface area contributed by atoms with Gasteiger partial charge in [-0.25, -0.2) is 0 Å². The Bertz CT molecular complexity index is 675. The molecule has 1 N–H and O–H groups in total. The lowest BCUT2D eigenvalue weighted by Crippen LogP contribution is -2.26. The highest BCUT2D eigenvalue weighted by atomic mass is 35.5. The summed E-state index contributed by atoms with van der Waals surface area (Å²) in [6.07, 6.45) is 0.303. The van der Waals surface area contributed by atoms with E-state index in [4.69, 9.17) is 33.2 Å². The predicted octanol–water partition coefficient (Wildman–Crippen LogP) is 3.37. The van der Waals surface area contributed by atoms with E-state index in [0.29, 0.717) is 12.1 Å². The van der Waals surface area contributed by atoms with Crippen molar-refractivity contribution in [2.75, 3.05) is 17.7 Å². The smallest absolute Gasteiger partial charge is 0.315 e. The van der Waals surface area contributed by atoms with Crippen molar-refractivity contribution in [1.29, 1.82) is 5.26 Å². The molecule has 1 amide bonds. The van der Waals surface area contributed by atoms with E-state index in [2.05, 4.69) is 5.32 Å². The average Bonchev–Trinajstić information content (AvgIpc) is 3.03. The molecule has 0 spiro atoms. The minimum Gasteiger partial charge on any atom is -0.455 e. The van der Waals surface area contributed by atoms with Crippen LogP contribution in [-0.2, 0) is 14.3 Å². The lowest BCUT2D eigenvalue weighted by molar-refractivity contribution is -0.152. The molecule has 1 atom stereocenters. The normalized spacial score (nSPS) is 21.1. The van der Waals surface area contributed by atoms with E-state index in [1.54, 1.807) is 25.1 Å². The molecule has 1 aromatic rings. The number of nitriles is 1. The summed E-state index contributed by atoms with van der Waals surface area (Å²) in [4.78, 5) is 24.6. The highest BCUT2D eigenvalue weighted by Crippen LogP contribution is 2.64. The molecular formula is C15H14Cl2N2O3S. The van der Waals surface area contributed by atoms with Crippen molar-refractivity contribution >= 4 is 52.5 Å². The molecule has 0 unspecified atom stereocenters. The van der Waals surface area contributed by atoms with Crippen LogP contribution in [0.4, 0.5) is 5.69 Å². The summed E-state index contributed by atoms with van der Waals surface area (Å²) in [5.74, 6) is -0.791. The van der Waals surface area contributed by atoms with E-state index in [9.17, 15) is 9.59 Å². The molecule has 2 rings (SSSR count). The molecule has 0 bridgehead atoms. The first kappa shape index (κ1) is 17.9. The molecule has 1 aliphatic rings. The van der Waals surface area contributed by atoms with Crippen LogP contribution in [0.15, 0.2) is 29.2 Å². The number of para-hydroxylation sites is 1. The number of nitrogens with one attached hydrogen (secondary N) is 1. The Kier molecular flexibility index (Phi) is 5.45. The second kappa shape index (κ2) is 7.00. The third-order valence-corrected chi connectivity index (χ3v) is 5.54. The van der Waals surface area contributed by atoms with Gasteiger partial charge in [-0.1, -0.05) is 12.1 Å². The van der Waals surface area contributed by atoms with Crippen molar-refractivity contribution in [1.82, 2.24) is 0 Å². The highest BCUT2D eigenvalue weighted by Gasteiger charge is 2.69. The van der Waals surface area contributed by atoms with Gasteiger partial charge in [-0.3, -0.25) is 9.59 Å². The first-order valence-electron chi connectivity index (χ1n) is 6.74. The average molecular weight is 373 g/mol. The number of amides is 1. The summed E-state index contributed by atoms with van der Waals surface area (Å²) in [6, 6.07) is 9.10. The van der Waals surface area contributed by atoms with Gasteiger partial charge in [0.05, 0.1) is 17.5 Å². The molecule has 0 aliphatic heterocycles. The Hall–Kier alpha value is -1.42. The third-order valence-electron chi connectivity index (χ3n) is 3.50. The van der Waals surface area contributed by atoms with Gasteiger partial charge in [0.25, 0.3) is 5.91 Å². The van der Waals surface area contributed by atoms with Crippen molar-refractivity contribution in [2.45, 2.75) is 22.6 Å². The monoisotopic (exact) mass is 372 g/mol. The van der Waals surface area contributed by atoms with Crippen LogP contribution in [0.2, 0.25) is 0 Å². The molecule has 0 heterocycles. The van der Waals surface area contributed by atoms with Gasteiger partial charge in [0.2, 0.25) is 0 Å². The van der Waals surface area contributed by atoms with Crippen LogP contribution in [0.5, 0.6) is 0 Å². The Morgan fingerprint density at radius 3 is 2.70 bits per heavy atom. The number of carbonyl (C=O) groups excluding carboxylic acids is 2. The summed E-state index contributed by atoms with van der Waals surface area (Å²) in [7, 11) is 0. The van der Waals surface area contributed by atoms with Gasteiger partial charge < -0.3 is 10.1 Å². The molecular weight excluding hydrogens is 359 g/mol. The first-order valence-corrected chi connectivity index (χ1v) is 8.48. The molecule has 23 heavy (non-hydrogen) atoms. The fourth-order valence-electron chi connectivity index (χ4n) is 1.90. The summed E-state index contributed by atoms with van der Waals surface area (Å²) >= 11 is 13.1. The number of hydrogen-bond acceptors (Lipinski definition) is 5. The van der Waals surface area contributed by atoms with Crippen molar-refractivity contribution in [3.63, 3.8) is 0 Å². The minimum absolute atomic E-state index is 0.272. The Labute approximate surface area is 148 Å².